The lowest BCUT2D eigenvalue weighted by molar-refractivity contribution is 0.152. The van der Waals surface area contributed by atoms with Crippen molar-refractivity contribution in [2.24, 2.45) is 0 Å². The summed E-state index contributed by atoms with van der Waals surface area (Å²) in [5, 5.41) is 0. The summed E-state index contributed by atoms with van der Waals surface area (Å²) in [5.74, 6) is 1.95. The van der Waals surface area contributed by atoms with Gasteiger partial charge in [-0.05, 0) is 6.42 Å². The van der Waals surface area contributed by atoms with Gasteiger partial charge in [-0.3, -0.25) is 0 Å². The number of hydrogen-bond acceptors (Lipinski definition) is 6. The fraction of sp³-hybridized carbons (Fsp3) is 0.636. The van der Waals surface area contributed by atoms with E-state index in [1.165, 1.54) is 0 Å². The first-order chi connectivity index (χ1) is 8.29. The quantitative estimate of drug-likeness (QED) is 0.823. The fourth-order valence-electron chi connectivity index (χ4n) is 1.83. The van der Waals surface area contributed by atoms with Gasteiger partial charge in [-0.2, -0.15) is 0 Å². The molecule has 1 aliphatic rings. The normalized spacial score (nSPS) is 16.9. The number of rotatable bonds is 3. The van der Waals surface area contributed by atoms with Crippen molar-refractivity contribution in [3.05, 3.63) is 11.9 Å². The summed E-state index contributed by atoms with van der Waals surface area (Å²) < 4.78 is 10.4. The molecule has 0 aliphatic carbocycles. The van der Waals surface area contributed by atoms with Gasteiger partial charge in [-0.1, -0.05) is 0 Å². The maximum absolute atomic E-state index is 5.77. The van der Waals surface area contributed by atoms with E-state index in [1.54, 1.807) is 13.2 Å². The van der Waals surface area contributed by atoms with E-state index in [1.807, 2.05) is 0 Å². The maximum atomic E-state index is 5.77. The second-order valence-corrected chi connectivity index (χ2v) is 3.95. The molecule has 0 atom stereocenters. The summed E-state index contributed by atoms with van der Waals surface area (Å²) in [5.41, 5.74) is 5.77. The first kappa shape index (κ1) is 12.1. The van der Waals surface area contributed by atoms with Crippen molar-refractivity contribution in [2.75, 3.05) is 44.0 Å². The third kappa shape index (κ3) is 3.28. The molecule has 0 saturated carbocycles. The number of methoxy groups -OCH3 is 1. The third-order valence-electron chi connectivity index (χ3n) is 2.60. The number of ether oxygens (including phenoxy) is 2. The van der Waals surface area contributed by atoms with Crippen LogP contribution in [0.25, 0.3) is 0 Å². The number of aromatic nitrogens is 2. The maximum Gasteiger partial charge on any atom is 0.158 e. The number of nitrogen functional groups attached to an aromatic ring is 1. The Morgan fingerprint density at radius 2 is 2.29 bits per heavy atom. The molecule has 94 valence electrons. The molecule has 1 fully saturated rings. The molecule has 0 radical (unpaired) electrons. The second kappa shape index (κ2) is 5.79. The van der Waals surface area contributed by atoms with Gasteiger partial charge in [0.1, 0.15) is 18.2 Å². The molecule has 2 N–H and O–H groups in total. The van der Waals surface area contributed by atoms with Gasteiger partial charge < -0.3 is 20.1 Å². The van der Waals surface area contributed by atoms with Gasteiger partial charge in [0.2, 0.25) is 0 Å². The summed E-state index contributed by atoms with van der Waals surface area (Å²) in [6, 6.07) is 1.80. The minimum atomic E-state index is 0.377. The Bertz CT molecular complexity index is 364. The molecule has 1 aromatic heterocycles. The predicted molar refractivity (Wildman–Crippen MR) is 64.8 cm³/mol. The van der Waals surface area contributed by atoms with Crippen LogP contribution in [0.3, 0.4) is 0 Å². The Morgan fingerprint density at radius 3 is 3.12 bits per heavy atom. The van der Waals surface area contributed by atoms with Crippen molar-refractivity contribution in [2.45, 2.75) is 13.0 Å². The number of nitrogens with zero attached hydrogens (tertiary/aromatic N) is 3. The average molecular weight is 238 g/mol. The topological polar surface area (TPSA) is 73.5 Å². The van der Waals surface area contributed by atoms with Gasteiger partial charge in [0.25, 0.3) is 0 Å². The molecule has 0 spiro atoms. The zero-order valence-electron chi connectivity index (χ0n) is 10.1. The van der Waals surface area contributed by atoms with E-state index in [0.29, 0.717) is 18.2 Å². The standard InChI is InChI=1S/C11H18N4O2/c1-16-8-10-13-9(12)7-11(14-10)15-3-2-5-17-6-4-15/h7H,2-6,8H2,1H3,(H2,12,13,14). The van der Waals surface area contributed by atoms with Crippen LogP contribution in [0.2, 0.25) is 0 Å². The van der Waals surface area contributed by atoms with Crippen LogP contribution in [0.1, 0.15) is 12.2 Å². The van der Waals surface area contributed by atoms with Crippen molar-refractivity contribution >= 4 is 11.6 Å². The lowest BCUT2D eigenvalue weighted by Crippen LogP contribution is -2.27. The Hall–Kier alpha value is -1.40. The molecule has 6 nitrogen and oxygen atoms in total. The van der Waals surface area contributed by atoms with Gasteiger partial charge in [-0.25, -0.2) is 9.97 Å². The van der Waals surface area contributed by atoms with E-state index in [0.717, 1.165) is 38.5 Å². The lowest BCUT2D eigenvalue weighted by atomic mass is 10.3. The Kier molecular flexibility index (Phi) is 4.11. The van der Waals surface area contributed by atoms with Crippen LogP contribution in [0.5, 0.6) is 0 Å². The van der Waals surface area contributed by atoms with Gasteiger partial charge in [-0.15, -0.1) is 0 Å². The highest BCUT2D eigenvalue weighted by molar-refractivity contribution is 5.47. The van der Waals surface area contributed by atoms with E-state index in [4.69, 9.17) is 15.2 Å². The van der Waals surface area contributed by atoms with Gasteiger partial charge in [0.15, 0.2) is 5.82 Å². The molecule has 17 heavy (non-hydrogen) atoms. The first-order valence-corrected chi connectivity index (χ1v) is 5.74. The average Bonchev–Trinajstić information content (AvgIpc) is 2.57. The molecule has 1 saturated heterocycles. The molecule has 2 heterocycles. The molecular formula is C11H18N4O2. The van der Waals surface area contributed by atoms with Crippen molar-refractivity contribution in [3.63, 3.8) is 0 Å². The minimum absolute atomic E-state index is 0.377. The summed E-state index contributed by atoms with van der Waals surface area (Å²) >= 11 is 0. The zero-order chi connectivity index (χ0) is 12.1. The van der Waals surface area contributed by atoms with Crippen molar-refractivity contribution < 1.29 is 9.47 Å². The van der Waals surface area contributed by atoms with Crippen LogP contribution >= 0.6 is 0 Å². The minimum Gasteiger partial charge on any atom is -0.384 e. The largest absolute Gasteiger partial charge is 0.384 e. The van der Waals surface area contributed by atoms with Gasteiger partial charge >= 0.3 is 0 Å². The SMILES string of the molecule is COCc1nc(N)cc(N2CCCOCC2)n1. The Labute approximate surface area is 101 Å². The molecular weight excluding hydrogens is 220 g/mol. The van der Waals surface area contributed by atoms with Crippen LogP contribution in [-0.2, 0) is 16.1 Å². The van der Waals surface area contributed by atoms with Crippen LogP contribution in [0, 0.1) is 0 Å². The molecule has 6 heteroatoms. The van der Waals surface area contributed by atoms with Gasteiger partial charge in [0, 0.05) is 32.9 Å². The van der Waals surface area contributed by atoms with Crippen LogP contribution in [-0.4, -0.2) is 43.4 Å². The predicted octanol–water partition coefficient (Wildman–Crippen LogP) is 0.432. The fourth-order valence-corrected chi connectivity index (χ4v) is 1.83. The molecule has 0 bridgehead atoms. The highest BCUT2D eigenvalue weighted by Crippen LogP contribution is 2.16. The second-order valence-electron chi connectivity index (χ2n) is 3.95. The molecule has 1 aromatic rings. The number of nitrogens with two attached hydrogens (primary N) is 1. The monoisotopic (exact) mass is 238 g/mol. The van der Waals surface area contributed by atoms with E-state index >= 15 is 0 Å². The van der Waals surface area contributed by atoms with Crippen LogP contribution in [0.4, 0.5) is 11.6 Å². The van der Waals surface area contributed by atoms with E-state index in [9.17, 15) is 0 Å². The summed E-state index contributed by atoms with van der Waals surface area (Å²) in [6.45, 7) is 3.68. The zero-order valence-corrected chi connectivity index (χ0v) is 10.1. The molecule has 0 unspecified atom stereocenters. The first-order valence-electron chi connectivity index (χ1n) is 5.74. The molecule has 2 rings (SSSR count). The van der Waals surface area contributed by atoms with Crippen molar-refractivity contribution in [1.29, 1.82) is 0 Å². The summed E-state index contributed by atoms with van der Waals surface area (Å²) in [4.78, 5) is 10.7. The Balaban J connectivity index is 2.17. The number of hydrogen-bond donors (Lipinski definition) is 1. The summed E-state index contributed by atoms with van der Waals surface area (Å²) in [6.07, 6.45) is 1.00. The Morgan fingerprint density at radius 1 is 1.41 bits per heavy atom. The third-order valence-corrected chi connectivity index (χ3v) is 2.60. The highest BCUT2D eigenvalue weighted by Gasteiger charge is 2.13. The molecule has 0 aromatic carbocycles. The van der Waals surface area contributed by atoms with Gasteiger partial charge in [0.05, 0.1) is 6.61 Å². The lowest BCUT2D eigenvalue weighted by Gasteiger charge is -2.21. The van der Waals surface area contributed by atoms with E-state index in [2.05, 4.69) is 14.9 Å². The smallest absolute Gasteiger partial charge is 0.158 e. The van der Waals surface area contributed by atoms with E-state index < -0.39 is 0 Å². The van der Waals surface area contributed by atoms with Crippen molar-refractivity contribution in [1.82, 2.24) is 9.97 Å². The van der Waals surface area contributed by atoms with Crippen LogP contribution < -0.4 is 10.6 Å². The molecule has 0 amide bonds. The number of anilines is 2. The highest BCUT2D eigenvalue weighted by atomic mass is 16.5. The summed E-state index contributed by atoms with van der Waals surface area (Å²) in [7, 11) is 1.62. The molecule has 1 aliphatic heterocycles. The van der Waals surface area contributed by atoms with E-state index in [-0.39, 0.29) is 0 Å². The van der Waals surface area contributed by atoms with Crippen LogP contribution in [0.15, 0.2) is 6.07 Å². The van der Waals surface area contributed by atoms with Crippen molar-refractivity contribution in [3.8, 4) is 0 Å².